The maximum atomic E-state index is 11.5. The maximum Gasteiger partial charge on any atom is 0.348 e. The maximum absolute atomic E-state index is 11.5. The zero-order chi connectivity index (χ0) is 16.7. The topological polar surface area (TPSA) is 85.6 Å². The molecule has 0 saturated carbocycles. The van der Waals surface area contributed by atoms with E-state index in [0.29, 0.717) is 22.4 Å². The van der Waals surface area contributed by atoms with Gasteiger partial charge in [0.15, 0.2) is 11.5 Å². The summed E-state index contributed by atoms with van der Waals surface area (Å²) in [6, 6.07) is 4.86. The molecule has 7 heteroatoms. The highest BCUT2D eigenvalue weighted by atomic mass is 79.9. The summed E-state index contributed by atoms with van der Waals surface area (Å²) < 4.78 is 15.5. The van der Waals surface area contributed by atoms with Gasteiger partial charge in [-0.05, 0) is 30.7 Å². The van der Waals surface area contributed by atoms with E-state index in [1.54, 1.807) is 19.1 Å². The number of nitriles is 1. The van der Waals surface area contributed by atoms with Gasteiger partial charge in [0.1, 0.15) is 11.6 Å². The molecule has 1 aromatic carbocycles. The fourth-order valence-corrected chi connectivity index (χ4v) is 2.00. The molecule has 1 aromatic rings. The van der Waals surface area contributed by atoms with Crippen molar-refractivity contribution in [2.24, 2.45) is 0 Å². The number of hydrogen-bond donors (Lipinski definition) is 0. The molecule has 0 saturated heterocycles. The van der Waals surface area contributed by atoms with E-state index >= 15 is 0 Å². The number of methoxy groups -OCH3 is 1. The molecule has 0 aliphatic heterocycles. The molecule has 116 valence electrons. The van der Waals surface area contributed by atoms with Crippen molar-refractivity contribution >= 4 is 33.9 Å². The van der Waals surface area contributed by atoms with E-state index in [9.17, 15) is 9.59 Å². The van der Waals surface area contributed by atoms with Crippen LogP contribution in [0.3, 0.4) is 0 Å². The van der Waals surface area contributed by atoms with Crippen molar-refractivity contribution in [3.63, 3.8) is 0 Å². The van der Waals surface area contributed by atoms with E-state index in [-0.39, 0.29) is 11.3 Å². The fraction of sp³-hybridized carbons (Fsp3) is 0.267. The summed E-state index contributed by atoms with van der Waals surface area (Å²) in [5, 5.41) is 8.99. The van der Waals surface area contributed by atoms with Gasteiger partial charge in [-0.1, -0.05) is 15.9 Å². The number of benzene rings is 1. The Labute approximate surface area is 136 Å². The van der Waals surface area contributed by atoms with Crippen molar-refractivity contribution in [3.05, 3.63) is 27.7 Å². The summed E-state index contributed by atoms with van der Waals surface area (Å²) in [4.78, 5) is 22.6. The van der Waals surface area contributed by atoms with E-state index < -0.39 is 11.9 Å². The number of esters is 2. The minimum absolute atomic E-state index is 0.161. The summed E-state index contributed by atoms with van der Waals surface area (Å²) >= 11 is 3.30. The van der Waals surface area contributed by atoms with Gasteiger partial charge in [-0.25, -0.2) is 4.79 Å². The van der Waals surface area contributed by atoms with Crippen LogP contribution in [0.4, 0.5) is 0 Å². The zero-order valence-corrected chi connectivity index (χ0v) is 13.9. The molecule has 0 aliphatic rings. The van der Waals surface area contributed by atoms with Crippen LogP contribution in [0.25, 0.3) is 6.08 Å². The van der Waals surface area contributed by atoms with Crippen molar-refractivity contribution in [3.8, 4) is 17.6 Å². The standard InChI is InChI=1S/C15H14BrNO5/c1-4-21-13-6-10(5-11(8-17)15(19)20-3)12(16)7-14(13)22-9(2)18/h5-7H,4H2,1-3H3. The highest BCUT2D eigenvalue weighted by Gasteiger charge is 2.14. The summed E-state index contributed by atoms with van der Waals surface area (Å²) in [6.07, 6.45) is 1.36. The second kappa shape index (κ2) is 8.20. The molecule has 0 unspecified atom stereocenters. The Morgan fingerprint density at radius 2 is 2.05 bits per heavy atom. The Morgan fingerprint density at radius 3 is 2.55 bits per heavy atom. The van der Waals surface area contributed by atoms with E-state index in [4.69, 9.17) is 14.7 Å². The van der Waals surface area contributed by atoms with Gasteiger partial charge in [-0.15, -0.1) is 0 Å². The predicted octanol–water partition coefficient (Wildman–Crippen LogP) is 2.85. The predicted molar refractivity (Wildman–Crippen MR) is 82.2 cm³/mol. The number of rotatable bonds is 5. The molecule has 0 bridgehead atoms. The molecule has 0 aliphatic carbocycles. The van der Waals surface area contributed by atoms with Crippen LogP contribution >= 0.6 is 15.9 Å². The lowest BCUT2D eigenvalue weighted by Crippen LogP contribution is -2.05. The first-order valence-corrected chi connectivity index (χ1v) is 7.07. The van der Waals surface area contributed by atoms with Gasteiger partial charge in [0.25, 0.3) is 0 Å². The van der Waals surface area contributed by atoms with Crippen LogP contribution in [0.1, 0.15) is 19.4 Å². The summed E-state index contributed by atoms with van der Waals surface area (Å²) in [7, 11) is 1.19. The van der Waals surface area contributed by atoms with Crippen LogP contribution in [-0.4, -0.2) is 25.7 Å². The Bertz CT molecular complexity index is 661. The molecule has 6 nitrogen and oxygen atoms in total. The molecule has 0 spiro atoms. The molecule has 0 radical (unpaired) electrons. The van der Waals surface area contributed by atoms with Crippen molar-refractivity contribution < 1.29 is 23.8 Å². The average Bonchev–Trinajstić information content (AvgIpc) is 2.47. The van der Waals surface area contributed by atoms with Crippen LogP contribution in [0.15, 0.2) is 22.2 Å². The molecule has 0 amide bonds. The molecule has 0 N–H and O–H groups in total. The average molecular weight is 368 g/mol. The lowest BCUT2D eigenvalue weighted by Gasteiger charge is -2.12. The van der Waals surface area contributed by atoms with E-state index in [2.05, 4.69) is 20.7 Å². The first-order valence-electron chi connectivity index (χ1n) is 6.27. The third kappa shape index (κ3) is 4.60. The van der Waals surface area contributed by atoms with Crippen molar-refractivity contribution in [2.45, 2.75) is 13.8 Å². The van der Waals surface area contributed by atoms with Crippen LogP contribution in [0.5, 0.6) is 11.5 Å². The van der Waals surface area contributed by atoms with Crippen LogP contribution in [0.2, 0.25) is 0 Å². The lowest BCUT2D eigenvalue weighted by atomic mass is 10.1. The number of carbonyl (C=O) groups excluding carboxylic acids is 2. The van der Waals surface area contributed by atoms with E-state index in [1.807, 2.05) is 0 Å². The molecule has 22 heavy (non-hydrogen) atoms. The lowest BCUT2D eigenvalue weighted by molar-refractivity contribution is -0.135. The molecule has 1 rings (SSSR count). The van der Waals surface area contributed by atoms with Gasteiger partial charge in [-0.3, -0.25) is 4.79 Å². The fourth-order valence-electron chi connectivity index (χ4n) is 1.57. The van der Waals surface area contributed by atoms with Crippen LogP contribution in [-0.2, 0) is 14.3 Å². The van der Waals surface area contributed by atoms with Crippen molar-refractivity contribution in [1.82, 2.24) is 0 Å². The minimum Gasteiger partial charge on any atom is -0.490 e. The Morgan fingerprint density at radius 1 is 1.36 bits per heavy atom. The van der Waals surface area contributed by atoms with Crippen molar-refractivity contribution in [1.29, 1.82) is 5.26 Å². The largest absolute Gasteiger partial charge is 0.490 e. The molecule has 0 heterocycles. The van der Waals surface area contributed by atoms with Gasteiger partial charge in [-0.2, -0.15) is 5.26 Å². The molecular weight excluding hydrogens is 354 g/mol. The number of nitrogens with zero attached hydrogens (tertiary/aromatic N) is 1. The zero-order valence-electron chi connectivity index (χ0n) is 12.3. The van der Waals surface area contributed by atoms with Gasteiger partial charge >= 0.3 is 11.9 Å². The van der Waals surface area contributed by atoms with Crippen LogP contribution in [0, 0.1) is 11.3 Å². The van der Waals surface area contributed by atoms with Gasteiger partial charge in [0, 0.05) is 11.4 Å². The van der Waals surface area contributed by atoms with Gasteiger partial charge < -0.3 is 14.2 Å². The van der Waals surface area contributed by atoms with E-state index in [1.165, 1.54) is 26.2 Å². The Hall–Kier alpha value is -2.33. The minimum atomic E-state index is -0.739. The highest BCUT2D eigenvalue weighted by Crippen LogP contribution is 2.35. The SMILES string of the molecule is CCOc1cc(C=C(C#N)C(=O)OC)c(Br)cc1OC(C)=O. The first kappa shape index (κ1) is 17.7. The number of hydrogen-bond acceptors (Lipinski definition) is 6. The van der Waals surface area contributed by atoms with E-state index in [0.717, 1.165) is 0 Å². The smallest absolute Gasteiger partial charge is 0.348 e. The molecular formula is C15H14BrNO5. The quantitative estimate of drug-likeness (QED) is 0.344. The normalized spacial score (nSPS) is 10.6. The molecule has 0 fully saturated rings. The number of ether oxygens (including phenoxy) is 3. The Kier molecular flexibility index (Phi) is 6.60. The third-order valence-electron chi connectivity index (χ3n) is 2.44. The second-order valence-corrected chi connectivity index (χ2v) is 4.86. The Balaban J connectivity index is 3.35. The first-order chi connectivity index (χ1) is 10.4. The molecule has 0 aromatic heterocycles. The van der Waals surface area contributed by atoms with Gasteiger partial charge in [0.05, 0.1) is 13.7 Å². The van der Waals surface area contributed by atoms with Gasteiger partial charge in [0.2, 0.25) is 0 Å². The number of carbonyl (C=O) groups is 2. The van der Waals surface area contributed by atoms with Crippen LogP contribution < -0.4 is 9.47 Å². The second-order valence-electron chi connectivity index (χ2n) is 4.01. The monoisotopic (exact) mass is 367 g/mol. The third-order valence-corrected chi connectivity index (χ3v) is 3.13. The van der Waals surface area contributed by atoms with Crippen molar-refractivity contribution in [2.75, 3.05) is 13.7 Å². The number of halogens is 1. The highest BCUT2D eigenvalue weighted by molar-refractivity contribution is 9.10. The summed E-state index contributed by atoms with van der Waals surface area (Å²) in [5.74, 6) is -0.649. The molecule has 0 atom stereocenters. The summed E-state index contributed by atoms with van der Waals surface area (Å²) in [6.45, 7) is 3.42. The summed E-state index contributed by atoms with van der Waals surface area (Å²) in [5.41, 5.74) is 0.354.